The van der Waals surface area contributed by atoms with Crippen molar-refractivity contribution in [3.05, 3.63) is 69.3 Å². The zero-order chi connectivity index (χ0) is 19.3. The van der Waals surface area contributed by atoms with Gasteiger partial charge in [0.1, 0.15) is 0 Å². The third kappa shape index (κ3) is 4.05. The van der Waals surface area contributed by atoms with Crippen LogP contribution in [-0.4, -0.2) is 34.7 Å². The summed E-state index contributed by atoms with van der Waals surface area (Å²) < 4.78 is 0. The van der Waals surface area contributed by atoms with Crippen LogP contribution in [0.3, 0.4) is 0 Å². The molecule has 2 amide bonds. The topological polar surface area (TPSA) is 92.6 Å². The van der Waals surface area contributed by atoms with E-state index >= 15 is 0 Å². The molecular formula is C19H21N3O4. The number of carbonyl (C=O) groups is 2. The maximum Gasteiger partial charge on any atom is 0.273 e. The fraction of sp³-hybridized carbons (Fsp3) is 0.263. The first-order valence-electron chi connectivity index (χ1n) is 8.33. The fourth-order valence-corrected chi connectivity index (χ4v) is 2.60. The number of nitrogens with zero attached hydrogens (tertiary/aromatic N) is 2. The van der Waals surface area contributed by atoms with Gasteiger partial charge in [0, 0.05) is 30.3 Å². The van der Waals surface area contributed by atoms with Crippen LogP contribution in [0.15, 0.2) is 42.5 Å². The number of amides is 2. The number of hydrogen-bond acceptors (Lipinski definition) is 4. The van der Waals surface area contributed by atoms with Gasteiger partial charge in [-0.3, -0.25) is 19.7 Å². The van der Waals surface area contributed by atoms with Gasteiger partial charge in [-0.25, -0.2) is 0 Å². The van der Waals surface area contributed by atoms with Gasteiger partial charge in [-0.05, 0) is 39.0 Å². The third-order valence-corrected chi connectivity index (χ3v) is 4.12. The van der Waals surface area contributed by atoms with E-state index in [1.807, 2.05) is 13.8 Å². The predicted octanol–water partition coefficient (Wildman–Crippen LogP) is 3.64. The number of para-hydroxylation sites is 1. The summed E-state index contributed by atoms with van der Waals surface area (Å²) in [5, 5.41) is 13.8. The van der Waals surface area contributed by atoms with Gasteiger partial charge in [0.2, 0.25) is 0 Å². The van der Waals surface area contributed by atoms with E-state index in [0.717, 1.165) is 0 Å². The van der Waals surface area contributed by atoms with Gasteiger partial charge in [-0.1, -0.05) is 18.2 Å². The first kappa shape index (κ1) is 19.1. The van der Waals surface area contributed by atoms with Crippen LogP contribution in [0.1, 0.15) is 40.1 Å². The molecule has 1 N–H and O–H groups in total. The number of nitro benzene ring substituents is 1. The van der Waals surface area contributed by atoms with Crippen molar-refractivity contribution < 1.29 is 14.5 Å². The molecule has 2 aromatic carbocycles. The van der Waals surface area contributed by atoms with Crippen LogP contribution in [0.4, 0.5) is 11.4 Å². The second-order valence-corrected chi connectivity index (χ2v) is 5.74. The van der Waals surface area contributed by atoms with Gasteiger partial charge in [0.15, 0.2) is 0 Å². The highest BCUT2D eigenvalue weighted by Gasteiger charge is 2.19. The smallest absolute Gasteiger partial charge is 0.273 e. The first-order valence-corrected chi connectivity index (χ1v) is 8.33. The number of nitrogens with one attached hydrogen (secondary N) is 1. The summed E-state index contributed by atoms with van der Waals surface area (Å²) in [5.74, 6) is -0.686. The Bertz CT molecular complexity index is 844. The summed E-state index contributed by atoms with van der Waals surface area (Å²) >= 11 is 0. The molecule has 2 rings (SSSR count). The normalized spacial score (nSPS) is 10.3. The monoisotopic (exact) mass is 355 g/mol. The van der Waals surface area contributed by atoms with E-state index in [1.54, 1.807) is 36.1 Å². The van der Waals surface area contributed by atoms with E-state index in [9.17, 15) is 19.7 Å². The lowest BCUT2D eigenvalue weighted by Crippen LogP contribution is -2.31. The molecule has 0 saturated heterocycles. The summed E-state index contributed by atoms with van der Waals surface area (Å²) in [6.45, 7) is 6.49. The van der Waals surface area contributed by atoms with Crippen molar-refractivity contribution in [2.24, 2.45) is 0 Å². The molecule has 26 heavy (non-hydrogen) atoms. The molecule has 136 valence electrons. The Hall–Kier alpha value is -3.22. The second kappa shape index (κ2) is 8.24. The SMILES string of the molecule is CCN(CC)C(=O)c1ccccc1NC(=O)c1ccc(C)c([N+](=O)[O-])c1. The zero-order valence-corrected chi connectivity index (χ0v) is 15.0. The van der Waals surface area contributed by atoms with E-state index in [1.165, 1.54) is 18.2 Å². The van der Waals surface area contributed by atoms with Crippen LogP contribution in [0.2, 0.25) is 0 Å². The van der Waals surface area contributed by atoms with Gasteiger partial charge in [-0.2, -0.15) is 0 Å². The number of benzene rings is 2. The third-order valence-electron chi connectivity index (χ3n) is 4.12. The summed E-state index contributed by atoms with van der Waals surface area (Å²) in [4.78, 5) is 37.3. The van der Waals surface area contributed by atoms with Crippen LogP contribution in [0.5, 0.6) is 0 Å². The van der Waals surface area contributed by atoms with Crippen molar-refractivity contribution in [3.8, 4) is 0 Å². The van der Waals surface area contributed by atoms with Crippen LogP contribution >= 0.6 is 0 Å². The Balaban J connectivity index is 2.32. The molecule has 0 saturated carbocycles. The maximum absolute atomic E-state index is 12.6. The summed E-state index contributed by atoms with van der Waals surface area (Å²) in [5.41, 5.74) is 1.27. The highest BCUT2D eigenvalue weighted by Crippen LogP contribution is 2.22. The Kier molecular flexibility index (Phi) is 6.06. The summed E-state index contributed by atoms with van der Waals surface area (Å²) in [6.07, 6.45) is 0. The molecule has 7 nitrogen and oxygen atoms in total. The summed E-state index contributed by atoms with van der Waals surface area (Å²) in [7, 11) is 0. The average Bonchev–Trinajstić information content (AvgIpc) is 2.63. The molecule has 0 aromatic heterocycles. The molecule has 0 unspecified atom stereocenters. The molecule has 0 spiro atoms. The Morgan fingerprint density at radius 1 is 1.12 bits per heavy atom. The van der Waals surface area contributed by atoms with Crippen LogP contribution in [0.25, 0.3) is 0 Å². The quantitative estimate of drug-likeness (QED) is 0.632. The van der Waals surface area contributed by atoms with Gasteiger partial charge >= 0.3 is 0 Å². The van der Waals surface area contributed by atoms with Crippen LogP contribution in [0, 0.1) is 17.0 Å². The van der Waals surface area contributed by atoms with E-state index < -0.39 is 10.8 Å². The van der Waals surface area contributed by atoms with Crippen molar-refractivity contribution in [2.75, 3.05) is 18.4 Å². The lowest BCUT2D eigenvalue weighted by atomic mass is 10.1. The summed E-state index contributed by atoms with van der Waals surface area (Å²) in [6, 6.07) is 11.0. The number of carbonyl (C=O) groups excluding carboxylic acids is 2. The Morgan fingerprint density at radius 3 is 2.38 bits per heavy atom. The van der Waals surface area contributed by atoms with Crippen LogP contribution < -0.4 is 5.32 Å². The number of aryl methyl sites for hydroxylation is 1. The van der Waals surface area contributed by atoms with E-state index in [-0.39, 0.29) is 17.2 Å². The van der Waals surface area contributed by atoms with E-state index in [0.29, 0.717) is 29.9 Å². The van der Waals surface area contributed by atoms with Gasteiger partial charge < -0.3 is 10.2 Å². The predicted molar refractivity (Wildman–Crippen MR) is 99.5 cm³/mol. The highest BCUT2D eigenvalue weighted by molar-refractivity contribution is 6.09. The van der Waals surface area contributed by atoms with Crippen molar-refractivity contribution in [1.82, 2.24) is 4.90 Å². The number of nitro groups is 1. The second-order valence-electron chi connectivity index (χ2n) is 5.74. The average molecular weight is 355 g/mol. The lowest BCUT2D eigenvalue weighted by Gasteiger charge is -2.20. The number of rotatable bonds is 6. The van der Waals surface area contributed by atoms with Crippen LogP contribution in [-0.2, 0) is 0 Å². The van der Waals surface area contributed by atoms with E-state index in [2.05, 4.69) is 5.32 Å². The molecule has 0 aliphatic heterocycles. The van der Waals surface area contributed by atoms with Crippen molar-refractivity contribution in [3.63, 3.8) is 0 Å². The molecule has 2 aromatic rings. The van der Waals surface area contributed by atoms with Gasteiger partial charge in [0.05, 0.1) is 16.2 Å². The van der Waals surface area contributed by atoms with Gasteiger partial charge in [-0.15, -0.1) is 0 Å². The number of anilines is 1. The molecule has 7 heteroatoms. The number of hydrogen-bond donors (Lipinski definition) is 1. The van der Waals surface area contributed by atoms with Crippen molar-refractivity contribution in [2.45, 2.75) is 20.8 Å². The minimum Gasteiger partial charge on any atom is -0.339 e. The van der Waals surface area contributed by atoms with Gasteiger partial charge in [0.25, 0.3) is 17.5 Å². The minimum absolute atomic E-state index is 0.120. The first-order chi connectivity index (χ1) is 12.4. The minimum atomic E-state index is -0.524. The maximum atomic E-state index is 12.6. The molecule has 0 fully saturated rings. The molecule has 0 radical (unpaired) electrons. The van der Waals surface area contributed by atoms with Crippen molar-refractivity contribution >= 4 is 23.2 Å². The highest BCUT2D eigenvalue weighted by atomic mass is 16.6. The molecule has 0 aliphatic carbocycles. The standard InChI is InChI=1S/C19H21N3O4/c1-4-21(5-2)19(24)15-8-6-7-9-16(15)20-18(23)14-11-10-13(3)17(12-14)22(25)26/h6-12H,4-5H2,1-3H3,(H,20,23). The van der Waals surface area contributed by atoms with E-state index in [4.69, 9.17) is 0 Å². The Morgan fingerprint density at radius 2 is 1.77 bits per heavy atom. The largest absolute Gasteiger partial charge is 0.339 e. The zero-order valence-electron chi connectivity index (χ0n) is 15.0. The Labute approximate surface area is 151 Å². The fourth-order valence-electron chi connectivity index (χ4n) is 2.60. The lowest BCUT2D eigenvalue weighted by molar-refractivity contribution is -0.385. The molecule has 0 heterocycles. The molecule has 0 aliphatic rings. The molecular weight excluding hydrogens is 334 g/mol. The molecule has 0 bridgehead atoms. The molecule has 0 atom stereocenters. The van der Waals surface area contributed by atoms with Crippen molar-refractivity contribution in [1.29, 1.82) is 0 Å².